The third-order valence-electron chi connectivity index (χ3n) is 0.919. The maximum atomic E-state index is 5.63. The average Bonchev–Trinajstić information content (AvgIpc) is 1.83. The highest BCUT2D eigenvalue weighted by Gasteiger charge is 1.98. The van der Waals surface area contributed by atoms with Crippen LogP contribution in [0.3, 0.4) is 0 Å². The van der Waals surface area contributed by atoms with Crippen LogP contribution in [0.15, 0.2) is 23.1 Å². The normalized spacial score (nSPS) is 9.56. The summed E-state index contributed by atoms with van der Waals surface area (Å²) >= 11 is 16.1. The molecule has 1 aromatic rings. The van der Waals surface area contributed by atoms with Crippen molar-refractivity contribution in [2.75, 3.05) is 0 Å². The first-order chi connectivity index (χ1) is 4.22. The quantitative estimate of drug-likeness (QED) is 0.569. The van der Waals surface area contributed by atoms with Gasteiger partial charge >= 0.3 is 0 Å². The molecule has 0 aromatic heterocycles. The van der Waals surface area contributed by atoms with E-state index in [-0.39, 0.29) is 0 Å². The van der Waals surface area contributed by atoms with Crippen LogP contribution in [0.25, 0.3) is 0 Å². The van der Waals surface area contributed by atoms with Crippen molar-refractivity contribution in [1.82, 2.24) is 0 Å². The Kier molecular flexibility index (Phi) is 2.17. The fraction of sp³-hybridized carbons (Fsp3) is 0. The second-order valence-electron chi connectivity index (χ2n) is 1.55. The minimum Gasteiger partial charge on any atom is -0.0827 e. The third-order valence-corrected chi connectivity index (χ3v) is 2.21. The molecule has 0 heterocycles. The molecular weight excluding hydrogens is 175 g/mol. The number of hydrogen-bond donors (Lipinski definition) is 0. The van der Waals surface area contributed by atoms with Gasteiger partial charge in [0.25, 0.3) is 0 Å². The third kappa shape index (κ3) is 1.48. The van der Waals surface area contributed by atoms with Crippen molar-refractivity contribution in [2.24, 2.45) is 0 Å². The zero-order valence-electron chi connectivity index (χ0n) is 4.40. The predicted octanol–water partition coefficient (Wildman–Crippen LogP) is 3.55. The largest absolute Gasteiger partial charge is 0.0827 e. The van der Waals surface area contributed by atoms with E-state index in [1.165, 1.54) is 0 Å². The summed E-state index contributed by atoms with van der Waals surface area (Å²) in [7, 11) is 0. The van der Waals surface area contributed by atoms with Crippen molar-refractivity contribution in [3.8, 4) is 0 Å². The van der Waals surface area contributed by atoms with E-state index in [0.717, 1.165) is 0 Å². The smallest absolute Gasteiger partial charge is 0.0749 e. The molecule has 0 saturated heterocycles. The summed E-state index contributed by atoms with van der Waals surface area (Å²) in [5, 5.41) is 1.08. The topological polar surface area (TPSA) is 0 Å². The van der Waals surface area contributed by atoms with Crippen molar-refractivity contribution in [3.63, 3.8) is 0 Å². The average molecular weight is 178 g/mol. The molecule has 0 N–H and O–H groups in total. The number of rotatable bonds is 0. The summed E-state index contributed by atoms with van der Waals surface area (Å²) in [5.41, 5.74) is 0. The first-order valence-electron chi connectivity index (χ1n) is 2.33. The van der Waals surface area contributed by atoms with E-state index in [1.807, 2.05) is 0 Å². The minimum absolute atomic E-state index is 0.529. The van der Waals surface area contributed by atoms with Crippen LogP contribution in [0, 0.1) is 0 Å². The second-order valence-corrected chi connectivity index (χ2v) is 2.77. The van der Waals surface area contributed by atoms with Gasteiger partial charge < -0.3 is 0 Å². The van der Waals surface area contributed by atoms with Gasteiger partial charge in [-0.15, -0.1) is 0 Å². The Balaban J connectivity index is 3.25. The molecule has 0 unspecified atom stereocenters. The number of halogens is 2. The lowest BCUT2D eigenvalue weighted by molar-refractivity contribution is 1.48. The van der Waals surface area contributed by atoms with Crippen LogP contribution in [-0.4, -0.2) is 0 Å². The lowest BCUT2D eigenvalue weighted by Gasteiger charge is -1.94. The number of benzene rings is 1. The van der Waals surface area contributed by atoms with Gasteiger partial charge in [0.1, 0.15) is 0 Å². The van der Waals surface area contributed by atoms with E-state index in [2.05, 4.69) is 0 Å². The zero-order valence-corrected chi connectivity index (χ0v) is 6.72. The molecule has 9 heavy (non-hydrogen) atoms. The lowest BCUT2D eigenvalue weighted by Crippen LogP contribution is -1.69. The fourth-order valence-electron chi connectivity index (χ4n) is 0.483. The molecule has 0 fully saturated rings. The Bertz CT molecular complexity index is 202. The molecule has 3 heteroatoms. The molecule has 0 spiro atoms. The van der Waals surface area contributed by atoms with Gasteiger partial charge in [0.2, 0.25) is 0 Å². The van der Waals surface area contributed by atoms with E-state index in [1.54, 1.807) is 18.2 Å². The Hall–Kier alpha value is 0.0200. The standard InChI is InChI=1S/C6H3Cl2S/c7-4-2-1-3-5(8)6(4)9/h1-3H. The van der Waals surface area contributed by atoms with Gasteiger partial charge in [-0.1, -0.05) is 41.9 Å². The molecule has 0 nitrogen and oxygen atoms in total. The monoisotopic (exact) mass is 177 g/mol. The molecule has 0 saturated carbocycles. The van der Waals surface area contributed by atoms with E-state index in [4.69, 9.17) is 35.8 Å². The minimum atomic E-state index is 0.529. The van der Waals surface area contributed by atoms with Crippen LogP contribution in [0.2, 0.25) is 10.0 Å². The summed E-state index contributed by atoms with van der Waals surface area (Å²) in [6, 6.07) is 5.20. The summed E-state index contributed by atoms with van der Waals surface area (Å²) < 4.78 is 0. The molecule has 47 valence electrons. The zero-order chi connectivity index (χ0) is 6.85. The van der Waals surface area contributed by atoms with Crippen molar-refractivity contribution >= 4 is 35.8 Å². The highest BCUT2D eigenvalue weighted by atomic mass is 35.5. The number of hydrogen-bond acceptors (Lipinski definition) is 0. The molecule has 0 aliphatic heterocycles. The molecule has 0 aliphatic rings. The van der Waals surface area contributed by atoms with Crippen molar-refractivity contribution in [1.29, 1.82) is 0 Å². The first kappa shape index (κ1) is 7.13. The van der Waals surface area contributed by atoms with Crippen molar-refractivity contribution in [2.45, 2.75) is 4.90 Å². The van der Waals surface area contributed by atoms with E-state index in [0.29, 0.717) is 14.9 Å². The molecule has 0 aliphatic carbocycles. The van der Waals surface area contributed by atoms with Gasteiger partial charge in [0.05, 0.1) is 14.9 Å². The highest BCUT2D eigenvalue weighted by Crippen LogP contribution is 2.26. The van der Waals surface area contributed by atoms with Crippen LogP contribution in [0.4, 0.5) is 0 Å². The van der Waals surface area contributed by atoms with Gasteiger partial charge in [0, 0.05) is 0 Å². The lowest BCUT2D eigenvalue weighted by atomic mass is 10.4. The molecule has 0 bridgehead atoms. The Morgan fingerprint density at radius 3 is 1.89 bits per heavy atom. The molecule has 1 aromatic carbocycles. The predicted molar refractivity (Wildman–Crippen MR) is 42.3 cm³/mol. The second kappa shape index (κ2) is 2.74. The first-order valence-corrected chi connectivity index (χ1v) is 3.49. The van der Waals surface area contributed by atoms with Crippen LogP contribution >= 0.6 is 35.8 Å². The van der Waals surface area contributed by atoms with Gasteiger partial charge in [-0.2, -0.15) is 0 Å². The van der Waals surface area contributed by atoms with Crippen molar-refractivity contribution < 1.29 is 0 Å². The maximum Gasteiger partial charge on any atom is 0.0749 e. The Labute approximate surface area is 69.2 Å². The molecule has 1 rings (SSSR count). The van der Waals surface area contributed by atoms with Crippen LogP contribution in [0.5, 0.6) is 0 Å². The van der Waals surface area contributed by atoms with Gasteiger partial charge in [0.15, 0.2) is 0 Å². The van der Waals surface area contributed by atoms with Crippen LogP contribution in [-0.2, 0) is 0 Å². The van der Waals surface area contributed by atoms with Gasteiger partial charge in [-0.3, -0.25) is 0 Å². The SMILES string of the molecule is [S]c1c(Cl)cccc1Cl. The highest BCUT2D eigenvalue weighted by molar-refractivity contribution is 7.80. The summed E-state index contributed by atoms with van der Waals surface area (Å²) in [4.78, 5) is 0.529. The Morgan fingerprint density at radius 1 is 1.11 bits per heavy atom. The van der Waals surface area contributed by atoms with E-state index < -0.39 is 0 Å². The molecule has 0 amide bonds. The van der Waals surface area contributed by atoms with Crippen LogP contribution < -0.4 is 0 Å². The molecule has 1 radical (unpaired) electrons. The summed E-state index contributed by atoms with van der Waals surface area (Å²) in [6.07, 6.45) is 0. The summed E-state index contributed by atoms with van der Waals surface area (Å²) in [5.74, 6) is 0. The van der Waals surface area contributed by atoms with E-state index in [9.17, 15) is 0 Å². The molecule has 0 atom stereocenters. The van der Waals surface area contributed by atoms with Crippen molar-refractivity contribution in [3.05, 3.63) is 28.2 Å². The maximum absolute atomic E-state index is 5.63. The van der Waals surface area contributed by atoms with Gasteiger partial charge in [-0.05, 0) is 12.1 Å². The fourth-order valence-corrected chi connectivity index (χ4v) is 1.02. The summed E-state index contributed by atoms with van der Waals surface area (Å²) in [6.45, 7) is 0. The van der Waals surface area contributed by atoms with Gasteiger partial charge in [-0.25, -0.2) is 0 Å². The van der Waals surface area contributed by atoms with Crippen LogP contribution in [0.1, 0.15) is 0 Å². The molecular formula is C6H3Cl2S. The Morgan fingerprint density at radius 2 is 1.56 bits per heavy atom. The van der Waals surface area contributed by atoms with E-state index >= 15 is 0 Å².